The van der Waals surface area contributed by atoms with Crippen molar-refractivity contribution in [1.29, 1.82) is 0 Å². The van der Waals surface area contributed by atoms with Crippen molar-refractivity contribution in [1.82, 2.24) is 0 Å². The van der Waals surface area contributed by atoms with Crippen LogP contribution in [0.15, 0.2) is 0 Å². The zero-order valence-electron chi connectivity index (χ0n) is 4.64. The van der Waals surface area contributed by atoms with E-state index in [9.17, 15) is 0 Å². The monoisotopic (exact) mass is 79.1 g/mol. The molecule has 32 valence electrons. The van der Waals surface area contributed by atoms with Gasteiger partial charge in [-0.15, -0.1) is 0 Å². The summed E-state index contributed by atoms with van der Waals surface area (Å²) in [6, 6.07) is 0. The van der Waals surface area contributed by atoms with Crippen molar-refractivity contribution >= 4 is 0 Å². The zero-order chi connectivity index (χ0) is 5.91. The van der Waals surface area contributed by atoms with Gasteiger partial charge in [-0.25, -0.2) is 5.90 Å². The summed E-state index contributed by atoms with van der Waals surface area (Å²) in [5.41, 5.74) is 0. The molecule has 0 aromatic heterocycles. The van der Waals surface area contributed by atoms with Crippen LogP contribution in [0.5, 0.6) is 0 Å². The lowest BCUT2D eigenvalue weighted by atomic mass is 10.8. The number of rotatable bonds is 2. The van der Waals surface area contributed by atoms with Gasteiger partial charge < -0.3 is 9.94 Å². The maximum Gasteiger partial charge on any atom is 0.0910 e. The molecule has 3 N–H and O–H groups in total. The molecular weight excluding hydrogens is 70.0 g/mol. The quantitative estimate of drug-likeness (QED) is 0.412. The van der Waals surface area contributed by atoms with Crippen molar-refractivity contribution in [3.63, 3.8) is 0 Å². The minimum Gasteiger partial charge on any atom is -0.394 e. The van der Waals surface area contributed by atoms with E-state index in [0.717, 1.165) is 0 Å². The van der Waals surface area contributed by atoms with Gasteiger partial charge in [0.05, 0.1) is 15.9 Å². The molecule has 5 heavy (non-hydrogen) atoms. The fourth-order valence-corrected chi connectivity index (χ4v) is 0.0373. The Labute approximate surface area is 33.1 Å². The molecule has 3 heteroatoms. The van der Waals surface area contributed by atoms with Gasteiger partial charge in [0.25, 0.3) is 0 Å². The molecule has 0 aliphatic rings. The first-order chi connectivity index (χ1) is 3.06. The number of nitrogens with two attached hydrogens (primary N) is 1. The molecule has 0 aromatic carbocycles. The molecule has 0 rings (SSSR count). The van der Waals surface area contributed by atoms with Gasteiger partial charge in [0.15, 0.2) is 0 Å². The van der Waals surface area contributed by atoms with Gasteiger partial charge in [-0.1, -0.05) is 0 Å². The Balaban J connectivity index is 3.15. The molecule has 0 aliphatic heterocycles. The summed E-state index contributed by atoms with van der Waals surface area (Å²) < 4.78 is 12.7. The van der Waals surface area contributed by atoms with Gasteiger partial charge in [0, 0.05) is 0 Å². The molecule has 3 nitrogen and oxygen atoms in total. The van der Waals surface area contributed by atoms with Crippen LogP contribution in [0.1, 0.15) is 2.74 Å². The SMILES string of the molecule is [2H]C([2H])(O)CON. The van der Waals surface area contributed by atoms with E-state index in [2.05, 4.69) is 10.7 Å². The van der Waals surface area contributed by atoms with Crippen LogP contribution in [0, 0.1) is 0 Å². The Morgan fingerprint density at radius 2 is 2.80 bits per heavy atom. The predicted octanol–water partition coefficient (Wildman–Crippen LogP) is -1.13. The van der Waals surface area contributed by atoms with Crippen LogP contribution < -0.4 is 5.90 Å². The Morgan fingerprint density at radius 3 is 2.80 bits per heavy atom. The fraction of sp³-hybridized carbons (Fsp3) is 1.00. The van der Waals surface area contributed by atoms with Gasteiger partial charge in [0.1, 0.15) is 0 Å². The van der Waals surface area contributed by atoms with Crippen LogP contribution in [0.4, 0.5) is 0 Å². The van der Waals surface area contributed by atoms with Crippen molar-refractivity contribution < 1.29 is 12.7 Å². The Bertz CT molecular complexity index is 52.1. The largest absolute Gasteiger partial charge is 0.394 e. The fourth-order valence-electron chi connectivity index (χ4n) is 0.0373. The molecule has 0 spiro atoms. The van der Waals surface area contributed by atoms with E-state index in [1.54, 1.807) is 0 Å². The van der Waals surface area contributed by atoms with Crippen molar-refractivity contribution in [3.8, 4) is 0 Å². The van der Waals surface area contributed by atoms with Gasteiger partial charge in [-0.05, 0) is 0 Å². The molecule has 0 aliphatic carbocycles. The highest BCUT2D eigenvalue weighted by molar-refractivity contribution is 4.11. The topological polar surface area (TPSA) is 55.5 Å². The number of hydrogen-bond donors (Lipinski definition) is 2. The summed E-state index contributed by atoms with van der Waals surface area (Å²) in [7, 11) is 0. The maximum absolute atomic E-state index is 8.15. The third-order valence-corrected chi connectivity index (χ3v) is 0.148. The Kier molecular flexibility index (Phi) is 1.65. The van der Waals surface area contributed by atoms with Crippen molar-refractivity contribution in [2.75, 3.05) is 13.2 Å². The average Bonchev–Trinajstić information content (AvgIpc) is 1.30. The third kappa shape index (κ3) is 3.88. The summed E-state index contributed by atoms with van der Waals surface area (Å²) in [6.07, 6.45) is 0. The van der Waals surface area contributed by atoms with Gasteiger partial charge in [-0.3, -0.25) is 0 Å². The first-order valence-corrected chi connectivity index (χ1v) is 1.10. The third-order valence-electron chi connectivity index (χ3n) is 0.148. The maximum atomic E-state index is 8.15. The number of aliphatic hydroxyl groups is 1. The zero-order valence-corrected chi connectivity index (χ0v) is 2.64. The van der Waals surface area contributed by atoms with Gasteiger partial charge in [0.2, 0.25) is 0 Å². The van der Waals surface area contributed by atoms with E-state index in [1.165, 1.54) is 0 Å². The van der Waals surface area contributed by atoms with Crippen LogP contribution in [0.3, 0.4) is 0 Å². The summed E-state index contributed by atoms with van der Waals surface area (Å²) >= 11 is 0. The second kappa shape index (κ2) is 3.88. The molecule has 0 unspecified atom stereocenters. The standard InChI is InChI=1S/C2H7NO2/c3-5-2-1-4/h4H,1-3H2/i1D2. The molecular formula is C2H7NO2. The van der Waals surface area contributed by atoms with Crippen LogP contribution >= 0.6 is 0 Å². The molecule has 0 fully saturated rings. The number of hydrogen-bond acceptors (Lipinski definition) is 3. The molecule has 0 amide bonds. The summed E-state index contributed by atoms with van der Waals surface area (Å²) in [5.74, 6) is 4.41. The smallest absolute Gasteiger partial charge is 0.0910 e. The van der Waals surface area contributed by atoms with Gasteiger partial charge >= 0.3 is 0 Å². The Hall–Kier alpha value is -0.120. The lowest BCUT2D eigenvalue weighted by Crippen LogP contribution is -2.03. The lowest BCUT2D eigenvalue weighted by molar-refractivity contribution is 0.0938. The molecule has 0 saturated heterocycles. The molecule has 0 aromatic rings. The van der Waals surface area contributed by atoms with E-state index in [1.807, 2.05) is 0 Å². The van der Waals surface area contributed by atoms with Crippen molar-refractivity contribution in [2.24, 2.45) is 5.90 Å². The van der Waals surface area contributed by atoms with Crippen molar-refractivity contribution in [3.05, 3.63) is 0 Å². The van der Waals surface area contributed by atoms with E-state index >= 15 is 0 Å². The molecule has 0 heterocycles. The van der Waals surface area contributed by atoms with E-state index in [0.29, 0.717) is 0 Å². The molecule has 0 radical (unpaired) electrons. The van der Waals surface area contributed by atoms with E-state index in [-0.39, 0.29) is 0 Å². The van der Waals surface area contributed by atoms with E-state index < -0.39 is 13.2 Å². The lowest BCUT2D eigenvalue weighted by Gasteiger charge is -1.83. The summed E-state index contributed by atoms with van der Waals surface area (Å²) in [4.78, 5) is 3.78. The summed E-state index contributed by atoms with van der Waals surface area (Å²) in [6.45, 7) is -2.79. The van der Waals surface area contributed by atoms with E-state index in [4.69, 9.17) is 7.85 Å². The normalized spacial score (nSPS) is 17.2. The second-order valence-electron chi connectivity index (χ2n) is 0.469. The summed E-state index contributed by atoms with van der Waals surface area (Å²) in [5, 5.41) is 8.15. The van der Waals surface area contributed by atoms with Crippen LogP contribution in [-0.2, 0) is 4.84 Å². The highest BCUT2D eigenvalue weighted by Crippen LogP contribution is 1.51. The second-order valence-corrected chi connectivity index (χ2v) is 0.469. The highest BCUT2D eigenvalue weighted by Gasteiger charge is 1.68. The minimum absolute atomic E-state index is 0.493. The van der Waals surface area contributed by atoms with Crippen LogP contribution in [0.25, 0.3) is 0 Å². The first-order valence-electron chi connectivity index (χ1n) is 2.10. The van der Waals surface area contributed by atoms with Crippen molar-refractivity contribution in [2.45, 2.75) is 0 Å². The van der Waals surface area contributed by atoms with Gasteiger partial charge in [-0.2, -0.15) is 0 Å². The minimum atomic E-state index is -2.30. The van der Waals surface area contributed by atoms with Crippen LogP contribution in [0.2, 0.25) is 0 Å². The van der Waals surface area contributed by atoms with Crippen LogP contribution in [-0.4, -0.2) is 18.3 Å². The highest BCUT2D eigenvalue weighted by atomic mass is 16.6. The molecule has 0 bridgehead atoms. The predicted molar refractivity (Wildman–Crippen MR) is 17.2 cm³/mol. The molecule has 0 saturated carbocycles. The molecule has 0 atom stereocenters. The Morgan fingerprint density at radius 1 is 2.20 bits per heavy atom. The first kappa shape index (κ1) is 2.12. The average molecular weight is 79.1 g/mol.